The van der Waals surface area contributed by atoms with E-state index in [1.165, 1.54) is 12.3 Å². The summed E-state index contributed by atoms with van der Waals surface area (Å²) in [6.07, 6.45) is 1.50. The molecule has 2 aromatic heterocycles. The smallest absolute Gasteiger partial charge is 0.251 e. The fourth-order valence-corrected chi connectivity index (χ4v) is 1.44. The molecule has 0 unspecified atom stereocenters. The molecule has 3 N–H and O–H groups in total. The van der Waals surface area contributed by atoms with Crippen molar-refractivity contribution >= 4 is 11.7 Å². The zero-order valence-corrected chi connectivity index (χ0v) is 9.43. The van der Waals surface area contributed by atoms with Gasteiger partial charge in [0.2, 0.25) is 0 Å². The molecular weight excluding hydrogens is 218 g/mol. The van der Waals surface area contributed by atoms with Crippen LogP contribution in [0.15, 0.2) is 34.9 Å². The van der Waals surface area contributed by atoms with Gasteiger partial charge in [-0.25, -0.2) is 4.98 Å². The van der Waals surface area contributed by atoms with Gasteiger partial charge >= 0.3 is 0 Å². The Morgan fingerprint density at radius 1 is 1.47 bits per heavy atom. The van der Waals surface area contributed by atoms with Crippen molar-refractivity contribution in [2.75, 3.05) is 5.73 Å². The Kier molecular flexibility index (Phi) is 3.09. The van der Waals surface area contributed by atoms with Gasteiger partial charge in [-0.15, -0.1) is 0 Å². The van der Waals surface area contributed by atoms with Crippen LogP contribution < -0.4 is 11.1 Å². The average Bonchev–Trinajstić information content (AvgIpc) is 2.72. The second kappa shape index (κ2) is 4.69. The van der Waals surface area contributed by atoms with Gasteiger partial charge in [0.1, 0.15) is 17.3 Å². The Hall–Kier alpha value is -2.30. The highest BCUT2D eigenvalue weighted by molar-refractivity contribution is 5.94. The number of hydrogen-bond donors (Lipinski definition) is 2. The molecule has 0 spiro atoms. The Morgan fingerprint density at radius 2 is 2.29 bits per heavy atom. The predicted molar refractivity (Wildman–Crippen MR) is 63.3 cm³/mol. The van der Waals surface area contributed by atoms with Gasteiger partial charge in [0.25, 0.3) is 5.91 Å². The Bertz CT molecular complexity index is 534. The summed E-state index contributed by atoms with van der Waals surface area (Å²) >= 11 is 0. The van der Waals surface area contributed by atoms with E-state index in [9.17, 15) is 4.79 Å². The third-order valence-corrected chi connectivity index (χ3v) is 2.26. The van der Waals surface area contributed by atoms with E-state index in [-0.39, 0.29) is 5.91 Å². The third kappa shape index (κ3) is 2.84. The van der Waals surface area contributed by atoms with Crippen molar-refractivity contribution in [3.63, 3.8) is 0 Å². The highest BCUT2D eigenvalue weighted by atomic mass is 16.3. The minimum absolute atomic E-state index is 0.201. The topological polar surface area (TPSA) is 81.2 Å². The summed E-state index contributed by atoms with van der Waals surface area (Å²) in [4.78, 5) is 15.6. The Balaban J connectivity index is 1.98. The van der Waals surface area contributed by atoms with Gasteiger partial charge < -0.3 is 15.5 Å². The normalized spacial score (nSPS) is 10.2. The number of carbonyl (C=O) groups is 1. The summed E-state index contributed by atoms with van der Waals surface area (Å²) in [6, 6.07) is 6.82. The molecule has 88 valence electrons. The first-order valence-corrected chi connectivity index (χ1v) is 5.20. The predicted octanol–water partition coefficient (Wildman–Crippen LogP) is 1.50. The molecule has 0 saturated heterocycles. The number of rotatable bonds is 3. The van der Waals surface area contributed by atoms with Gasteiger partial charge in [-0.05, 0) is 31.2 Å². The lowest BCUT2D eigenvalue weighted by atomic mass is 10.2. The van der Waals surface area contributed by atoms with E-state index < -0.39 is 0 Å². The van der Waals surface area contributed by atoms with Crippen molar-refractivity contribution < 1.29 is 9.21 Å². The lowest BCUT2D eigenvalue weighted by Crippen LogP contribution is -2.22. The molecule has 0 aliphatic carbocycles. The molecule has 0 saturated carbocycles. The van der Waals surface area contributed by atoms with E-state index in [4.69, 9.17) is 10.2 Å². The second-order valence-electron chi connectivity index (χ2n) is 3.66. The van der Waals surface area contributed by atoms with Crippen LogP contribution in [0.25, 0.3) is 0 Å². The summed E-state index contributed by atoms with van der Waals surface area (Å²) in [5.74, 6) is 1.67. The number of nitrogens with two attached hydrogens (primary N) is 1. The highest BCUT2D eigenvalue weighted by Crippen LogP contribution is 2.07. The molecule has 5 heteroatoms. The number of anilines is 1. The molecule has 0 aliphatic heterocycles. The number of hydrogen-bond acceptors (Lipinski definition) is 4. The molecule has 2 heterocycles. The number of nitrogens with one attached hydrogen (secondary N) is 1. The Labute approximate surface area is 98.6 Å². The number of carbonyl (C=O) groups excluding carboxylic acids is 1. The molecule has 5 nitrogen and oxygen atoms in total. The van der Waals surface area contributed by atoms with Crippen LogP contribution in [0, 0.1) is 6.92 Å². The number of nitrogens with zero attached hydrogens (tertiary/aromatic N) is 1. The van der Waals surface area contributed by atoms with Crippen LogP contribution in [-0.4, -0.2) is 10.9 Å². The fraction of sp³-hybridized carbons (Fsp3) is 0.167. The Morgan fingerprint density at radius 3 is 2.94 bits per heavy atom. The largest absolute Gasteiger partial charge is 0.465 e. The van der Waals surface area contributed by atoms with Crippen LogP contribution in [0.4, 0.5) is 5.82 Å². The van der Waals surface area contributed by atoms with Crippen molar-refractivity contribution in [3.05, 3.63) is 47.5 Å². The molecule has 0 atom stereocenters. The van der Waals surface area contributed by atoms with Crippen LogP contribution in [0.1, 0.15) is 21.9 Å². The SMILES string of the molecule is Cc1ccc(CNC(=O)c2ccnc(N)c2)o1. The zero-order valence-electron chi connectivity index (χ0n) is 9.43. The van der Waals surface area contributed by atoms with E-state index in [2.05, 4.69) is 10.3 Å². The number of furan rings is 1. The van der Waals surface area contributed by atoms with Crippen LogP contribution >= 0.6 is 0 Å². The maximum absolute atomic E-state index is 11.7. The maximum atomic E-state index is 11.7. The van der Waals surface area contributed by atoms with Crippen LogP contribution in [-0.2, 0) is 6.54 Å². The molecule has 0 radical (unpaired) electrons. The molecular formula is C12H13N3O2. The van der Waals surface area contributed by atoms with Crippen molar-refractivity contribution in [2.24, 2.45) is 0 Å². The van der Waals surface area contributed by atoms with Gasteiger partial charge in [0.05, 0.1) is 6.54 Å². The molecule has 1 amide bonds. The van der Waals surface area contributed by atoms with Crippen LogP contribution in [0.3, 0.4) is 0 Å². The monoisotopic (exact) mass is 231 g/mol. The lowest BCUT2D eigenvalue weighted by molar-refractivity contribution is 0.0948. The summed E-state index contributed by atoms with van der Waals surface area (Å²) in [6.45, 7) is 2.21. The minimum Gasteiger partial charge on any atom is -0.465 e. The molecule has 0 aromatic carbocycles. The molecule has 2 aromatic rings. The summed E-state index contributed by atoms with van der Waals surface area (Å²) in [5.41, 5.74) is 5.98. The van der Waals surface area contributed by atoms with Crippen molar-refractivity contribution in [3.8, 4) is 0 Å². The molecule has 17 heavy (non-hydrogen) atoms. The third-order valence-electron chi connectivity index (χ3n) is 2.26. The van der Waals surface area contributed by atoms with E-state index in [1.54, 1.807) is 6.07 Å². The number of pyridine rings is 1. The summed E-state index contributed by atoms with van der Waals surface area (Å²) < 4.78 is 5.34. The van der Waals surface area contributed by atoms with Crippen LogP contribution in [0.5, 0.6) is 0 Å². The molecule has 0 aliphatic rings. The number of amides is 1. The molecule has 0 bridgehead atoms. The fourth-order valence-electron chi connectivity index (χ4n) is 1.44. The quantitative estimate of drug-likeness (QED) is 0.838. The number of aromatic nitrogens is 1. The first-order valence-electron chi connectivity index (χ1n) is 5.20. The summed E-state index contributed by atoms with van der Waals surface area (Å²) in [7, 11) is 0. The van der Waals surface area contributed by atoms with Crippen molar-refractivity contribution in [1.82, 2.24) is 10.3 Å². The van der Waals surface area contributed by atoms with E-state index >= 15 is 0 Å². The highest BCUT2D eigenvalue weighted by Gasteiger charge is 2.06. The summed E-state index contributed by atoms with van der Waals surface area (Å²) in [5, 5.41) is 2.74. The van der Waals surface area contributed by atoms with E-state index in [0.717, 1.165) is 11.5 Å². The molecule has 2 rings (SSSR count). The van der Waals surface area contributed by atoms with E-state index in [1.807, 2.05) is 19.1 Å². The van der Waals surface area contributed by atoms with Crippen LogP contribution in [0.2, 0.25) is 0 Å². The number of aryl methyl sites for hydroxylation is 1. The van der Waals surface area contributed by atoms with Gasteiger partial charge in [-0.3, -0.25) is 4.79 Å². The second-order valence-corrected chi connectivity index (χ2v) is 3.66. The van der Waals surface area contributed by atoms with Gasteiger partial charge in [-0.2, -0.15) is 0 Å². The standard InChI is InChI=1S/C12H13N3O2/c1-8-2-3-10(17-8)7-15-12(16)9-4-5-14-11(13)6-9/h2-6H,7H2,1H3,(H2,13,14)(H,15,16). The molecule has 0 fully saturated rings. The van der Waals surface area contributed by atoms with Gasteiger partial charge in [0.15, 0.2) is 0 Å². The van der Waals surface area contributed by atoms with Gasteiger partial charge in [0, 0.05) is 11.8 Å². The number of nitrogen functional groups attached to an aromatic ring is 1. The minimum atomic E-state index is -0.201. The first-order chi connectivity index (χ1) is 8.15. The van der Waals surface area contributed by atoms with Crippen molar-refractivity contribution in [1.29, 1.82) is 0 Å². The average molecular weight is 231 g/mol. The first kappa shape index (κ1) is 11.2. The maximum Gasteiger partial charge on any atom is 0.251 e. The lowest BCUT2D eigenvalue weighted by Gasteiger charge is -2.03. The zero-order chi connectivity index (χ0) is 12.3. The van der Waals surface area contributed by atoms with Crippen molar-refractivity contribution in [2.45, 2.75) is 13.5 Å². The van der Waals surface area contributed by atoms with Gasteiger partial charge in [-0.1, -0.05) is 0 Å². The van der Waals surface area contributed by atoms with E-state index in [0.29, 0.717) is 17.9 Å².